The molecule has 156 valence electrons. The van der Waals surface area contributed by atoms with E-state index in [-0.39, 0.29) is 18.0 Å². The van der Waals surface area contributed by atoms with Crippen LogP contribution in [0.1, 0.15) is 11.1 Å². The highest BCUT2D eigenvalue weighted by Gasteiger charge is 2.11. The SMILES string of the molecule is N#C/C(=C\c1ccc(OCc2cccc(F)c2)c(Br)c1)C(=O)Nc1ccc(Cl)c(Cl)c1. The Morgan fingerprint density at radius 3 is 2.61 bits per heavy atom. The minimum Gasteiger partial charge on any atom is -0.488 e. The molecule has 0 spiro atoms. The topological polar surface area (TPSA) is 62.1 Å². The molecule has 1 N–H and O–H groups in total. The summed E-state index contributed by atoms with van der Waals surface area (Å²) in [5, 5.41) is 12.7. The lowest BCUT2D eigenvalue weighted by atomic mass is 10.1. The van der Waals surface area contributed by atoms with Crippen molar-refractivity contribution in [2.24, 2.45) is 0 Å². The first-order valence-electron chi connectivity index (χ1n) is 8.90. The third kappa shape index (κ3) is 6.31. The molecule has 0 aliphatic carbocycles. The normalized spacial score (nSPS) is 11.0. The van der Waals surface area contributed by atoms with Gasteiger partial charge >= 0.3 is 0 Å². The van der Waals surface area contributed by atoms with E-state index in [1.165, 1.54) is 24.3 Å². The van der Waals surface area contributed by atoms with Gasteiger partial charge in [0.25, 0.3) is 5.91 Å². The second-order valence-corrected chi connectivity index (χ2v) is 8.03. The maximum Gasteiger partial charge on any atom is 0.266 e. The molecule has 0 aliphatic heterocycles. The molecule has 0 fully saturated rings. The van der Waals surface area contributed by atoms with Gasteiger partial charge in [-0.1, -0.05) is 41.4 Å². The lowest BCUT2D eigenvalue weighted by Crippen LogP contribution is -2.13. The number of hydrogen-bond donors (Lipinski definition) is 1. The second-order valence-electron chi connectivity index (χ2n) is 6.36. The summed E-state index contributed by atoms with van der Waals surface area (Å²) in [4.78, 5) is 12.4. The van der Waals surface area contributed by atoms with Gasteiger partial charge in [-0.3, -0.25) is 4.79 Å². The van der Waals surface area contributed by atoms with Crippen LogP contribution in [0.3, 0.4) is 0 Å². The number of benzene rings is 3. The van der Waals surface area contributed by atoms with Crippen molar-refractivity contribution in [3.8, 4) is 11.8 Å². The van der Waals surface area contributed by atoms with Gasteiger partial charge in [-0.05, 0) is 75.6 Å². The highest BCUT2D eigenvalue weighted by Crippen LogP contribution is 2.28. The van der Waals surface area contributed by atoms with Crippen molar-refractivity contribution in [1.82, 2.24) is 0 Å². The summed E-state index contributed by atoms with van der Waals surface area (Å²) in [5.74, 6) is -0.368. The molecule has 3 aromatic rings. The summed E-state index contributed by atoms with van der Waals surface area (Å²) in [6.45, 7) is 0.195. The quantitative estimate of drug-likeness (QED) is 0.281. The molecule has 1 amide bonds. The molecular weight excluding hydrogens is 506 g/mol. The molecule has 0 saturated heterocycles. The number of nitrogens with zero attached hydrogens (tertiary/aromatic N) is 1. The number of carbonyl (C=O) groups is 1. The second kappa shape index (κ2) is 10.5. The number of hydrogen-bond acceptors (Lipinski definition) is 3. The Bertz CT molecular complexity index is 1210. The summed E-state index contributed by atoms with van der Waals surface area (Å²) in [6, 6.07) is 17.8. The molecule has 31 heavy (non-hydrogen) atoms. The van der Waals surface area contributed by atoms with E-state index in [0.717, 1.165) is 0 Å². The van der Waals surface area contributed by atoms with Crippen molar-refractivity contribution < 1.29 is 13.9 Å². The monoisotopic (exact) mass is 518 g/mol. The fourth-order valence-corrected chi connectivity index (χ4v) is 3.41. The first-order chi connectivity index (χ1) is 14.9. The van der Waals surface area contributed by atoms with E-state index in [1.807, 2.05) is 6.07 Å². The number of amides is 1. The van der Waals surface area contributed by atoms with Crippen LogP contribution >= 0.6 is 39.1 Å². The number of nitriles is 1. The molecule has 0 aliphatic rings. The van der Waals surface area contributed by atoms with Crippen LogP contribution in [0.15, 0.2) is 70.7 Å². The van der Waals surface area contributed by atoms with Gasteiger partial charge in [0.15, 0.2) is 0 Å². The molecule has 0 heterocycles. The van der Waals surface area contributed by atoms with Gasteiger partial charge in [-0.2, -0.15) is 5.26 Å². The smallest absolute Gasteiger partial charge is 0.266 e. The summed E-state index contributed by atoms with van der Waals surface area (Å²) in [6.07, 6.45) is 1.45. The van der Waals surface area contributed by atoms with Crippen LogP contribution in [-0.2, 0) is 11.4 Å². The lowest BCUT2D eigenvalue weighted by Gasteiger charge is -2.09. The summed E-state index contributed by atoms with van der Waals surface area (Å²) in [7, 11) is 0. The minimum atomic E-state index is -0.580. The van der Waals surface area contributed by atoms with Gasteiger partial charge < -0.3 is 10.1 Å². The fourth-order valence-electron chi connectivity index (χ4n) is 2.60. The van der Waals surface area contributed by atoms with Crippen molar-refractivity contribution in [2.45, 2.75) is 6.61 Å². The van der Waals surface area contributed by atoms with Crippen molar-refractivity contribution in [3.05, 3.63) is 97.7 Å². The van der Waals surface area contributed by atoms with Crippen LogP contribution in [0.4, 0.5) is 10.1 Å². The third-order valence-electron chi connectivity index (χ3n) is 4.09. The van der Waals surface area contributed by atoms with Gasteiger partial charge in [0.1, 0.15) is 29.8 Å². The molecule has 0 aromatic heterocycles. The molecule has 8 heteroatoms. The standard InChI is InChI=1S/C23H14BrCl2FN2O2/c24-19-10-14(4-7-22(19)31-13-15-2-1-3-17(27)9-15)8-16(12-28)23(30)29-18-5-6-20(25)21(26)11-18/h1-11H,13H2,(H,29,30)/b16-8+. The molecule has 0 atom stereocenters. The average Bonchev–Trinajstić information content (AvgIpc) is 2.74. The molecule has 0 bridgehead atoms. The Kier molecular flexibility index (Phi) is 7.69. The maximum atomic E-state index is 13.3. The number of nitrogens with one attached hydrogen (secondary N) is 1. The Morgan fingerprint density at radius 2 is 1.94 bits per heavy atom. The average molecular weight is 520 g/mol. The van der Waals surface area contributed by atoms with Gasteiger partial charge in [0.2, 0.25) is 0 Å². The zero-order valence-corrected chi connectivity index (χ0v) is 18.9. The Balaban J connectivity index is 1.71. The molecule has 0 unspecified atom stereocenters. The van der Waals surface area contributed by atoms with Crippen LogP contribution in [0.5, 0.6) is 5.75 Å². The largest absolute Gasteiger partial charge is 0.488 e. The molecular formula is C23H14BrCl2FN2O2. The van der Waals surface area contributed by atoms with E-state index in [4.69, 9.17) is 27.9 Å². The lowest BCUT2D eigenvalue weighted by molar-refractivity contribution is -0.112. The van der Waals surface area contributed by atoms with Crippen LogP contribution in [-0.4, -0.2) is 5.91 Å². The predicted molar refractivity (Wildman–Crippen MR) is 124 cm³/mol. The molecule has 0 saturated carbocycles. The summed E-state index contributed by atoms with van der Waals surface area (Å²) >= 11 is 15.2. The number of halogens is 4. The van der Waals surface area contributed by atoms with Crippen molar-refractivity contribution in [3.63, 3.8) is 0 Å². The van der Waals surface area contributed by atoms with Crippen LogP contribution in [0, 0.1) is 17.1 Å². The van der Waals surface area contributed by atoms with Gasteiger partial charge in [-0.25, -0.2) is 4.39 Å². The van der Waals surface area contributed by atoms with Crippen molar-refractivity contribution in [2.75, 3.05) is 5.32 Å². The van der Waals surface area contributed by atoms with Gasteiger partial charge in [0, 0.05) is 5.69 Å². The van der Waals surface area contributed by atoms with Crippen LogP contribution in [0.2, 0.25) is 10.0 Å². The zero-order valence-electron chi connectivity index (χ0n) is 15.8. The van der Waals surface area contributed by atoms with E-state index in [1.54, 1.807) is 42.5 Å². The van der Waals surface area contributed by atoms with Gasteiger partial charge in [-0.15, -0.1) is 0 Å². The Morgan fingerprint density at radius 1 is 1.13 bits per heavy atom. The number of ether oxygens (including phenoxy) is 1. The van der Waals surface area contributed by atoms with Crippen LogP contribution < -0.4 is 10.1 Å². The van der Waals surface area contributed by atoms with Crippen molar-refractivity contribution in [1.29, 1.82) is 5.26 Å². The summed E-state index contributed by atoms with van der Waals surface area (Å²) in [5.41, 5.74) is 1.64. The van der Waals surface area contributed by atoms with E-state index in [9.17, 15) is 14.4 Å². The third-order valence-corrected chi connectivity index (χ3v) is 5.45. The number of anilines is 1. The Labute approximate surface area is 197 Å². The molecule has 0 radical (unpaired) electrons. The van der Waals surface area contributed by atoms with Crippen molar-refractivity contribution >= 4 is 56.8 Å². The predicted octanol–water partition coefficient (Wildman–Crippen LogP) is 7.02. The number of carbonyl (C=O) groups excluding carboxylic acids is 1. The maximum absolute atomic E-state index is 13.3. The Hall–Kier alpha value is -2.85. The van der Waals surface area contributed by atoms with E-state index >= 15 is 0 Å². The highest BCUT2D eigenvalue weighted by atomic mass is 79.9. The van der Waals surface area contributed by atoms with Crippen LogP contribution in [0.25, 0.3) is 6.08 Å². The van der Waals surface area contributed by atoms with E-state index < -0.39 is 5.91 Å². The van der Waals surface area contributed by atoms with E-state index in [0.29, 0.717) is 37.1 Å². The molecule has 3 rings (SSSR count). The zero-order chi connectivity index (χ0) is 22.4. The fraction of sp³-hybridized carbons (Fsp3) is 0.0435. The van der Waals surface area contributed by atoms with E-state index in [2.05, 4.69) is 21.2 Å². The summed E-state index contributed by atoms with van der Waals surface area (Å²) < 4.78 is 19.6. The van der Waals surface area contributed by atoms with Gasteiger partial charge in [0.05, 0.1) is 14.5 Å². The molecule has 3 aromatic carbocycles. The minimum absolute atomic E-state index is 0.0913. The highest BCUT2D eigenvalue weighted by molar-refractivity contribution is 9.10. The first kappa shape index (κ1) is 22.8. The number of rotatable bonds is 6. The first-order valence-corrected chi connectivity index (χ1v) is 10.5. The molecule has 4 nitrogen and oxygen atoms in total.